The average molecular weight is 391 g/mol. The largest absolute Gasteiger partial charge is 0.355 e. The third-order valence-corrected chi connectivity index (χ3v) is 5.40. The summed E-state index contributed by atoms with van der Waals surface area (Å²) in [5, 5.41) is 11.3. The van der Waals surface area contributed by atoms with Gasteiger partial charge in [-0.2, -0.15) is 5.10 Å². The van der Waals surface area contributed by atoms with Crippen LogP contribution in [0.4, 0.5) is 0 Å². The molecule has 2 atom stereocenters. The molecular weight excluding hydrogens is 360 g/mol. The maximum atomic E-state index is 12.6. The molecule has 0 bridgehead atoms. The van der Waals surface area contributed by atoms with Crippen LogP contribution in [0.25, 0.3) is 10.9 Å². The summed E-state index contributed by atoms with van der Waals surface area (Å²) >= 11 is 0. The fourth-order valence-corrected chi connectivity index (χ4v) is 3.62. The molecule has 2 N–H and O–H groups in total. The topological polar surface area (TPSA) is 61.0 Å². The summed E-state index contributed by atoms with van der Waals surface area (Å²) in [7, 11) is 4.11. The second kappa shape index (κ2) is 10.0. The normalized spacial score (nSPS) is 13.3. The van der Waals surface area contributed by atoms with E-state index in [2.05, 4.69) is 71.4 Å². The molecule has 1 heterocycles. The maximum Gasteiger partial charge on any atom is 0.220 e. The first-order valence-electron chi connectivity index (χ1n) is 10.1. The van der Waals surface area contributed by atoms with Crippen molar-refractivity contribution in [2.75, 3.05) is 20.6 Å². The van der Waals surface area contributed by atoms with Gasteiger partial charge in [-0.15, -0.1) is 6.58 Å². The van der Waals surface area contributed by atoms with Crippen molar-refractivity contribution in [3.05, 3.63) is 78.5 Å². The Morgan fingerprint density at radius 3 is 2.76 bits per heavy atom. The van der Waals surface area contributed by atoms with Crippen molar-refractivity contribution < 1.29 is 4.79 Å². The molecule has 0 radical (unpaired) electrons. The van der Waals surface area contributed by atoms with Gasteiger partial charge in [0.25, 0.3) is 0 Å². The van der Waals surface area contributed by atoms with Gasteiger partial charge in [0.1, 0.15) is 0 Å². The molecule has 0 aliphatic rings. The summed E-state index contributed by atoms with van der Waals surface area (Å²) in [4.78, 5) is 14.8. The first-order chi connectivity index (χ1) is 14.1. The third-order valence-electron chi connectivity index (χ3n) is 5.40. The van der Waals surface area contributed by atoms with Crippen LogP contribution < -0.4 is 5.32 Å². The molecule has 2 aromatic carbocycles. The number of carbonyl (C=O) groups excluding carboxylic acids is 1. The first-order valence-corrected chi connectivity index (χ1v) is 10.1. The van der Waals surface area contributed by atoms with Crippen molar-refractivity contribution in [2.24, 2.45) is 0 Å². The number of fused-ring (bicyclic) bond motifs is 1. The summed E-state index contributed by atoms with van der Waals surface area (Å²) in [5.41, 5.74) is 3.46. The van der Waals surface area contributed by atoms with Gasteiger partial charge in [-0.25, -0.2) is 0 Å². The lowest BCUT2D eigenvalue weighted by Crippen LogP contribution is -2.41. The molecular formula is C24H30N4O. The minimum absolute atomic E-state index is 0.0813. The highest BCUT2D eigenvalue weighted by Gasteiger charge is 2.18. The van der Waals surface area contributed by atoms with Gasteiger partial charge >= 0.3 is 0 Å². The number of amides is 1. The van der Waals surface area contributed by atoms with Crippen molar-refractivity contribution in [2.45, 2.75) is 31.2 Å². The Kier molecular flexibility index (Phi) is 7.19. The molecule has 0 saturated heterocycles. The fraction of sp³-hybridized carbons (Fsp3) is 0.333. The first kappa shape index (κ1) is 20.8. The molecule has 0 unspecified atom stereocenters. The van der Waals surface area contributed by atoms with Gasteiger partial charge in [-0.3, -0.25) is 9.89 Å². The van der Waals surface area contributed by atoms with Crippen molar-refractivity contribution in [3.8, 4) is 0 Å². The predicted octanol–water partition coefficient (Wildman–Crippen LogP) is 3.90. The summed E-state index contributed by atoms with van der Waals surface area (Å²) < 4.78 is 0. The Morgan fingerprint density at radius 2 is 2.03 bits per heavy atom. The van der Waals surface area contributed by atoms with E-state index in [1.165, 1.54) is 11.1 Å². The van der Waals surface area contributed by atoms with E-state index in [1.807, 2.05) is 30.5 Å². The summed E-state index contributed by atoms with van der Waals surface area (Å²) in [6.45, 7) is 4.47. The SMILES string of the molecule is C=CC[C@@H](CC(=O)NC[C@H](Cc1ccc2[nH]ncc2c1)N(C)C)c1ccccc1. The van der Waals surface area contributed by atoms with Crippen molar-refractivity contribution in [3.63, 3.8) is 0 Å². The van der Waals surface area contributed by atoms with Crippen molar-refractivity contribution >= 4 is 16.8 Å². The van der Waals surface area contributed by atoms with E-state index in [4.69, 9.17) is 0 Å². The number of benzene rings is 2. The molecule has 1 amide bonds. The van der Waals surface area contributed by atoms with Gasteiger partial charge in [-0.05, 0) is 56.1 Å². The van der Waals surface area contributed by atoms with E-state index < -0.39 is 0 Å². The van der Waals surface area contributed by atoms with Crippen molar-refractivity contribution in [1.29, 1.82) is 0 Å². The fourth-order valence-electron chi connectivity index (χ4n) is 3.62. The van der Waals surface area contributed by atoms with Gasteiger partial charge in [-0.1, -0.05) is 42.5 Å². The number of nitrogens with one attached hydrogen (secondary N) is 2. The molecule has 5 nitrogen and oxygen atoms in total. The van der Waals surface area contributed by atoms with Gasteiger partial charge in [0, 0.05) is 24.4 Å². The smallest absolute Gasteiger partial charge is 0.220 e. The maximum absolute atomic E-state index is 12.6. The molecule has 5 heteroatoms. The molecule has 0 saturated carbocycles. The molecule has 3 rings (SSSR count). The minimum atomic E-state index is 0.0813. The lowest BCUT2D eigenvalue weighted by atomic mass is 9.92. The van der Waals surface area contributed by atoms with Crippen LogP contribution in [0.5, 0.6) is 0 Å². The lowest BCUT2D eigenvalue weighted by molar-refractivity contribution is -0.121. The van der Waals surface area contributed by atoms with Crippen LogP contribution >= 0.6 is 0 Å². The molecule has 0 fully saturated rings. The number of rotatable bonds is 10. The number of H-pyrrole nitrogens is 1. The zero-order valence-electron chi connectivity index (χ0n) is 17.3. The molecule has 0 aliphatic heterocycles. The quantitative estimate of drug-likeness (QED) is 0.516. The van der Waals surface area contributed by atoms with Gasteiger partial charge < -0.3 is 10.2 Å². The van der Waals surface area contributed by atoms with E-state index in [1.54, 1.807) is 0 Å². The standard InChI is InChI=1S/C24H30N4O/c1-4-8-20(19-9-6-5-7-10-19)15-24(29)25-17-22(28(2)3)14-18-11-12-23-21(13-18)16-26-27-23/h4-7,9-13,16,20,22H,1,8,14-15,17H2,2-3H3,(H,25,29)(H,26,27)/t20-,22-/m0/s1. The Balaban J connectivity index is 1.58. The van der Waals surface area contributed by atoms with Crippen LogP contribution in [0, 0.1) is 0 Å². The Bertz CT molecular complexity index is 932. The van der Waals surface area contributed by atoms with E-state index in [0.29, 0.717) is 13.0 Å². The molecule has 152 valence electrons. The van der Waals surface area contributed by atoms with Crippen LogP contribution in [-0.4, -0.2) is 47.7 Å². The second-order valence-electron chi connectivity index (χ2n) is 7.75. The number of aromatic amines is 1. The van der Waals surface area contributed by atoms with Gasteiger partial charge in [0.15, 0.2) is 0 Å². The van der Waals surface area contributed by atoms with E-state index in [-0.39, 0.29) is 17.9 Å². The summed E-state index contributed by atoms with van der Waals surface area (Å²) in [6, 6.07) is 16.7. The van der Waals surface area contributed by atoms with E-state index in [0.717, 1.165) is 23.7 Å². The van der Waals surface area contributed by atoms with Crippen LogP contribution in [0.3, 0.4) is 0 Å². The van der Waals surface area contributed by atoms with Gasteiger partial charge in [0.05, 0.1) is 11.7 Å². The van der Waals surface area contributed by atoms with E-state index >= 15 is 0 Å². The average Bonchev–Trinajstić information content (AvgIpc) is 3.19. The number of hydrogen-bond donors (Lipinski definition) is 2. The second-order valence-corrected chi connectivity index (χ2v) is 7.75. The lowest BCUT2D eigenvalue weighted by Gasteiger charge is -2.25. The zero-order valence-corrected chi connectivity index (χ0v) is 17.3. The Morgan fingerprint density at radius 1 is 1.24 bits per heavy atom. The highest BCUT2D eigenvalue weighted by molar-refractivity contribution is 5.78. The molecule has 0 aliphatic carbocycles. The number of allylic oxidation sites excluding steroid dienone is 1. The highest BCUT2D eigenvalue weighted by atomic mass is 16.1. The monoisotopic (exact) mass is 390 g/mol. The van der Waals surface area contributed by atoms with Crippen LogP contribution in [-0.2, 0) is 11.2 Å². The van der Waals surface area contributed by atoms with Crippen LogP contribution in [0.2, 0.25) is 0 Å². The molecule has 3 aromatic rings. The number of likely N-dealkylation sites (N-methyl/N-ethyl adjacent to an activating group) is 1. The molecule has 29 heavy (non-hydrogen) atoms. The van der Waals surface area contributed by atoms with Gasteiger partial charge in [0.2, 0.25) is 5.91 Å². The van der Waals surface area contributed by atoms with E-state index in [9.17, 15) is 4.79 Å². The Labute approximate surface area is 172 Å². The van der Waals surface area contributed by atoms with Crippen LogP contribution in [0.1, 0.15) is 29.9 Å². The number of hydrogen-bond acceptors (Lipinski definition) is 3. The number of aromatic nitrogens is 2. The summed E-state index contributed by atoms with van der Waals surface area (Å²) in [6.07, 6.45) is 5.85. The predicted molar refractivity (Wildman–Crippen MR) is 119 cm³/mol. The number of carbonyl (C=O) groups is 1. The minimum Gasteiger partial charge on any atom is -0.355 e. The van der Waals surface area contributed by atoms with Crippen molar-refractivity contribution in [1.82, 2.24) is 20.4 Å². The zero-order chi connectivity index (χ0) is 20.6. The molecule has 0 spiro atoms. The summed E-state index contributed by atoms with van der Waals surface area (Å²) in [5.74, 6) is 0.243. The highest BCUT2D eigenvalue weighted by Crippen LogP contribution is 2.23. The number of nitrogens with zero attached hydrogens (tertiary/aromatic N) is 2. The molecule has 1 aromatic heterocycles. The van der Waals surface area contributed by atoms with Crippen LogP contribution in [0.15, 0.2) is 67.4 Å². The third kappa shape index (κ3) is 5.78. The Hall–Kier alpha value is -2.92.